The van der Waals surface area contributed by atoms with Crippen molar-refractivity contribution in [2.75, 3.05) is 24.6 Å². The topological polar surface area (TPSA) is 124 Å². The molecule has 1 amide bonds. The summed E-state index contributed by atoms with van der Waals surface area (Å²) in [4.78, 5) is 48.7. The summed E-state index contributed by atoms with van der Waals surface area (Å²) in [7, 11) is 0. The van der Waals surface area contributed by atoms with Gasteiger partial charge in [0.15, 0.2) is 0 Å². The van der Waals surface area contributed by atoms with Gasteiger partial charge in [-0.3, -0.25) is 9.69 Å². The van der Waals surface area contributed by atoms with Crippen LogP contribution in [-0.2, 0) is 30.3 Å². The Bertz CT molecular complexity index is 1020. The first kappa shape index (κ1) is 29.5. The van der Waals surface area contributed by atoms with E-state index in [0.717, 1.165) is 25.2 Å². The molecule has 37 heavy (non-hydrogen) atoms. The predicted octanol–water partition coefficient (Wildman–Crippen LogP) is 3.61. The van der Waals surface area contributed by atoms with Crippen molar-refractivity contribution >= 4 is 29.5 Å². The predicted molar refractivity (Wildman–Crippen MR) is 139 cm³/mol. The quantitative estimate of drug-likeness (QED) is 0.406. The molecule has 1 heterocycles. The van der Waals surface area contributed by atoms with E-state index in [1.807, 2.05) is 50.2 Å². The highest BCUT2D eigenvalue weighted by molar-refractivity contribution is 6.27. The molecule has 0 radical (unpaired) electrons. The van der Waals surface area contributed by atoms with E-state index in [0.29, 0.717) is 31.9 Å². The minimum Gasteiger partial charge on any atom is -0.473 e. The zero-order chi connectivity index (χ0) is 27.4. The van der Waals surface area contributed by atoms with Crippen LogP contribution >= 0.6 is 0 Å². The first-order chi connectivity index (χ1) is 17.7. The van der Waals surface area contributed by atoms with Gasteiger partial charge in [0.2, 0.25) is 5.91 Å². The molecule has 1 aliphatic heterocycles. The van der Waals surface area contributed by atoms with Crippen LogP contribution in [0, 0.1) is 0 Å². The van der Waals surface area contributed by atoms with E-state index in [9.17, 15) is 9.59 Å². The Labute approximate surface area is 217 Å². The molecule has 2 aromatic rings. The summed E-state index contributed by atoms with van der Waals surface area (Å²) >= 11 is 0. The fourth-order valence-corrected chi connectivity index (χ4v) is 4.57. The summed E-state index contributed by atoms with van der Waals surface area (Å²) in [6, 6.07) is 20.4. The normalized spacial score (nSPS) is 15.4. The molecule has 1 aliphatic rings. The number of anilines is 1. The summed E-state index contributed by atoms with van der Waals surface area (Å²) in [6.45, 7) is 7.68. The third kappa shape index (κ3) is 7.88. The third-order valence-corrected chi connectivity index (χ3v) is 6.46. The number of carbonyl (C=O) groups excluding carboxylic acids is 2. The molecular weight excluding hydrogens is 476 g/mol. The van der Waals surface area contributed by atoms with Crippen molar-refractivity contribution in [1.82, 2.24) is 4.90 Å². The number of aliphatic carboxylic acids is 2. The molecule has 0 spiro atoms. The number of amides is 1. The zero-order valence-corrected chi connectivity index (χ0v) is 21.6. The van der Waals surface area contributed by atoms with E-state index in [2.05, 4.69) is 36.1 Å². The lowest BCUT2D eigenvalue weighted by atomic mass is 9.83. The van der Waals surface area contributed by atoms with E-state index in [1.54, 1.807) is 4.90 Å². The van der Waals surface area contributed by atoms with Gasteiger partial charge in [0.05, 0.1) is 6.61 Å². The van der Waals surface area contributed by atoms with E-state index in [-0.39, 0.29) is 11.9 Å². The molecule has 1 unspecified atom stereocenters. The van der Waals surface area contributed by atoms with Crippen LogP contribution in [0.1, 0.15) is 45.6 Å². The average molecular weight is 513 g/mol. The second-order valence-corrected chi connectivity index (χ2v) is 8.86. The molecular formula is C28H36N2O7. The fraction of sp³-hybridized carbons (Fsp3) is 0.429. The monoisotopic (exact) mass is 512 g/mol. The van der Waals surface area contributed by atoms with Gasteiger partial charge in [-0.25, -0.2) is 14.4 Å². The molecule has 0 aliphatic carbocycles. The van der Waals surface area contributed by atoms with E-state index >= 15 is 0 Å². The van der Waals surface area contributed by atoms with Crippen LogP contribution < -0.4 is 4.90 Å². The molecule has 0 bridgehead atoms. The minimum absolute atomic E-state index is 0.0509. The third-order valence-electron chi connectivity index (χ3n) is 6.46. The highest BCUT2D eigenvalue weighted by Crippen LogP contribution is 2.36. The first-order valence-corrected chi connectivity index (χ1v) is 12.5. The lowest BCUT2D eigenvalue weighted by Crippen LogP contribution is -2.63. The summed E-state index contributed by atoms with van der Waals surface area (Å²) < 4.78 is 5.52. The molecule has 2 aromatic carbocycles. The smallest absolute Gasteiger partial charge is 0.414 e. The second kappa shape index (κ2) is 14.1. The molecule has 2 N–H and O–H groups in total. The van der Waals surface area contributed by atoms with Crippen molar-refractivity contribution in [3.8, 4) is 0 Å². The molecule has 1 fully saturated rings. The van der Waals surface area contributed by atoms with Crippen molar-refractivity contribution < 1.29 is 34.1 Å². The Kier molecular flexibility index (Phi) is 11.3. The van der Waals surface area contributed by atoms with E-state index in [4.69, 9.17) is 24.5 Å². The Hall–Kier alpha value is -3.72. The number of carboxylic acids is 2. The minimum atomic E-state index is -1.82. The number of likely N-dealkylation sites (tertiary alicyclic amines) is 1. The Morgan fingerprint density at radius 1 is 0.919 bits per heavy atom. The maximum atomic E-state index is 13.3. The molecule has 9 heteroatoms. The summed E-state index contributed by atoms with van der Waals surface area (Å²) in [5, 5.41) is 14.8. The molecule has 1 atom stereocenters. The number of nitrogens with zero attached hydrogens (tertiary/aromatic N) is 2. The van der Waals surface area contributed by atoms with E-state index < -0.39 is 17.5 Å². The summed E-state index contributed by atoms with van der Waals surface area (Å²) in [5.74, 6) is -3.99. The number of benzene rings is 2. The SMILES string of the molecule is CCOC(=O)C1(N(C(=O)CC)c2ccccc2)CCN(C(C)Cc2ccccc2)CC1.O=C(O)C(=O)O. The number of hydrogen-bond acceptors (Lipinski definition) is 6. The lowest BCUT2D eigenvalue weighted by molar-refractivity contribution is -0.159. The summed E-state index contributed by atoms with van der Waals surface area (Å²) in [6.07, 6.45) is 2.42. The maximum absolute atomic E-state index is 13.3. The number of carboxylic acid groups (broad SMARTS) is 2. The molecule has 0 saturated carbocycles. The van der Waals surface area contributed by atoms with Gasteiger partial charge in [-0.2, -0.15) is 0 Å². The number of carbonyl (C=O) groups is 4. The largest absolute Gasteiger partial charge is 0.473 e. The number of piperidine rings is 1. The van der Waals surface area contributed by atoms with Crippen molar-refractivity contribution in [3.63, 3.8) is 0 Å². The van der Waals surface area contributed by atoms with Crippen molar-refractivity contribution in [2.45, 2.75) is 58.0 Å². The first-order valence-electron chi connectivity index (χ1n) is 12.5. The average Bonchev–Trinajstić information content (AvgIpc) is 2.90. The summed E-state index contributed by atoms with van der Waals surface area (Å²) in [5.41, 5.74) is 1.10. The fourth-order valence-electron chi connectivity index (χ4n) is 4.57. The van der Waals surface area contributed by atoms with Crippen molar-refractivity contribution in [3.05, 3.63) is 66.2 Å². The van der Waals surface area contributed by atoms with Gasteiger partial charge in [0.25, 0.3) is 0 Å². The van der Waals surface area contributed by atoms with Crippen LogP contribution in [0.15, 0.2) is 60.7 Å². The highest BCUT2D eigenvalue weighted by atomic mass is 16.5. The van der Waals surface area contributed by atoms with Crippen LogP contribution in [-0.4, -0.2) is 70.2 Å². The van der Waals surface area contributed by atoms with Gasteiger partial charge >= 0.3 is 17.9 Å². The molecule has 3 rings (SSSR count). The maximum Gasteiger partial charge on any atom is 0.414 e. The van der Waals surface area contributed by atoms with Gasteiger partial charge in [-0.1, -0.05) is 55.5 Å². The Morgan fingerprint density at radius 3 is 1.89 bits per heavy atom. The molecule has 200 valence electrons. The zero-order valence-electron chi connectivity index (χ0n) is 21.6. The van der Waals surface area contributed by atoms with Crippen LogP contribution in [0.4, 0.5) is 5.69 Å². The second-order valence-electron chi connectivity index (χ2n) is 8.86. The van der Waals surface area contributed by atoms with Gasteiger partial charge in [0.1, 0.15) is 5.54 Å². The van der Waals surface area contributed by atoms with E-state index in [1.165, 1.54) is 5.56 Å². The van der Waals surface area contributed by atoms with Crippen LogP contribution in [0.5, 0.6) is 0 Å². The molecule has 9 nitrogen and oxygen atoms in total. The van der Waals surface area contributed by atoms with Gasteiger partial charge < -0.3 is 19.8 Å². The van der Waals surface area contributed by atoms with Gasteiger partial charge in [0, 0.05) is 31.2 Å². The van der Waals surface area contributed by atoms with Crippen LogP contribution in [0.3, 0.4) is 0 Å². The van der Waals surface area contributed by atoms with Crippen molar-refractivity contribution in [2.24, 2.45) is 0 Å². The van der Waals surface area contributed by atoms with Gasteiger partial charge in [-0.15, -0.1) is 0 Å². The standard InChI is InChI=1S/C26H34N2O3.C2H2O4/c1-4-24(29)28(23-14-10-7-11-15-23)26(25(30)31-5-2)16-18-27(19-17-26)21(3)20-22-12-8-6-9-13-22;3-1(4)2(5)6/h6-15,21H,4-5,16-20H2,1-3H3;(H,3,4)(H,5,6). The van der Waals surface area contributed by atoms with Gasteiger partial charge in [-0.05, 0) is 50.8 Å². The Balaban J connectivity index is 0.000000717. The highest BCUT2D eigenvalue weighted by Gasteiger charge is 2.50. The number of rotatable bonds is 8. The number of para-hydroxylation sites is 1. The molecule has 1 saturated heterocycles. The number of ether oxygens (including phenoxy) is 1. The van der Waals surface area contributed by atoms with Crippen LogP contribution in [0.2, 0.25) is 0 Å². The Morgan fingerprint density at radius 2 is 1.43 bits per heavy atom. The molecule has 0 aromatic heterocycles. The van der Waals surface area contributed by atoms with Crippen molar-refractivity contribution in [1.29, 1.82) is 0 Å². The number of esters is 1. The lowest BCUT2D eigenvalue weighted by Gasteiger charge is -2.47. The number of hydrogen-bond donors (Lipinski definition) is 2. The van der Waals surface area contributed by atoms with Crippen LogP contribution in [0.25, 0.3) is 0 Å².